The van der Waals surface area contributed by atoms with E-state index in [-0.39, 0.29) is 16.1 Å². The summed E-state index contributed by atoms with van der Waals surface area (Å²) in [5.41, 5.74) is -0.680. The Balaban J connectivity index is 2.93. The molecule has 0 radical (unpaired) electrons. The van der Waals surface area contributed by atoms with Crippen molar-refractivity contribution < 1.29 is 9.18 Å². The lowest BCUT2D eigenvalue weighted by molar-refractivity contribution is 0.112. The predicted octanol–water partition coefficient (Wildman–Crippen LogP) is 2.13. The van der Waals surface area contributed by atoms with Crippen molar-refractivity contribution in [3.8, 4) is 0 Å². The van der Waals surface area contributed by atoms with Crippen molar-refractivity contribution in [2.45, 2.75) is 0 Å². The van der Waals surface area contributed by atoms with E-state index in [0.717, 1.165) is 0 Å². The Morgan fingerprint density at radius 2 is 2.13 bits per heavy atom. The van der Waals surface area contributed by atoms with Crippen LogP contribution in [0.1, 0.15) is 10.4 Å². The maximum atomic E-state index is 13.5. The third-order valence-electron chi connectivity index (χ3n) is 2.07. The average Bonchev–Trinajstić information content (AvgIpc) is 2.22. The Bertz CT molecular complexity index is 606. The second-order valence-corrected chi connectivity index (χ2v) is 3.40. The zero-order chi connectivity index (χ0) is 11.0. The highest BCUT2D eigenvalue weighted by Gasteiger charge is 2.08. The molecule has 0 spiro atoms. The maximum Gasteiger partial charge on any atom is 0.267 e. The number of hydrogen-bond acceptors (Lipinski definition) is 2. The van der Waals surface area contributed by atoms with Gasteiger partial charge in [-0.1, -0.05) is 17.7 Å². The van der Waals surface area contributed by atoms with Gasteiger partial charge in [-0.15, -0.1) is 0 Å². The largest absolute Gasteiger partial charge is 0.318 e. The molecule has 1 N–H and O–H groups in total. The van der Waals surface area contributed by atoms with Gasteiger partial charge in [0.25, 0.3) is 5.56 Å². The van der Waals surface area contributed by atoms with Crippen LogP contribution in [0.4, 0.5) is 4.39 Å². The number of aldehydes is 1. The van der Waals surface area contributed by atoms with E-state index in [1.165, 1.54) is 18.2 Å². The Labute approximate surface area is 88.5 Å². The number of aromatic amines is 1. The van der Waals surface area contributed by atoms with Gasteiger partial charge in [0.15, 0.2) is 12.1 Å². The highest BCUT2D eigenvalue weighted by atomic mass is 35.5. The first-order chi connectivity index (χ1) is 7.13. The summed E-state index contributed by atoms with van der Waals surface area (Å²) >= 11 is 5.58. The molecule has 0 bridgehead atoms. The summed E-state index contributed by atoms with van der Waals surface area (Å²) in [7, 11) is 0. The third kappa shape index (κ3) is 1.53. The van der Waals surface area contributed by atoms with Gasteiger partial charge in [-0.05, 0) is 12.1 Å². The smallest absolute Gasteiger partial charge is 0.267 e. The van der Waals surface area contributed by atoms with E-state index in [1.54, 1.807) is 0 Å². The number of halogens is 2. The summed E-state index contributed by atoms with van der Waals surface area (Å²) in [6, 6.07) is 4.21. The predicted molar refractivity (Wildman–Crippen MR) is 54.9 cm³/mol. The van der Waals surface area contributed by atoms with E-state index >= 15 is 0 Å². The monoisotopic (exact) mass is 225 g/mol. The van der Waals surface area contributed by atoms with Crippen LogP contribution in [0.2, 0.25) is 5.02 Å². The highest BCUT2D eigenvalue weighted by Crippen LogP contribution is 2.18. The number of H-pyrrole nitrogens is 1. The van der Waals surface area contributed by atoms with Gasteiger partial charge >= 0.3 is 0 Å². The zero-order valence-electron chi connectivity index (χ0n) is 7.38. The summed E-state index contributed by atoms with van der Waals surface area (Å²) in [5, 5.41) is 0.434. The number of carbonyl (C=O) groups excluding carboxylic acids is 1. The van der Waals surface area contributed by atoms with Gasteiger partial charge in [0.1, 0.15) is 5.02 Å². The van der Waals surface area contributed by atoms with Crippen LogP contribution in [0.3, 0.4) is 0 Å². The third-order valence-corrected chi connectivity index (χ3v) is 2.35. The molecule has 3 nitrogen and oxygen atoms in total. The molecule has 2 rings (SSSR count). The van der Waals surface area contributed by atoms with Gasteiger partial charge in [0.05, 0.1) is 11.1 Å². The van der Waals surface area contributed by atoms with Gasteiger partial charge in [0.2, 0.25) is 0 Å². The van der Waals surface area contributed by atoms with Crippen molar-refractivity contribution in [2.24, 2.45) is 0 Å². The van der Waals surface area contributed by atoms with Crippen LogP contribution < -0.4 is 5.56 Å². The molecule has 1 heterocycles. The van der Waals surface area contributed by atoms with Crippen molar-refractivity contribution in [2.75, 3.05) is 0 Å². The van der Waals surface area contributed by atoms with E-state index in [0.29, 0.717) is 11.7 Å². The topological polar surface area (TPSA) is 49.9 Å². The first-order valence-electron chi connectivity index (χ1n) is 4.09. The van der Waals surface area contributed by atoms with E-state index < -0.39 is 11.4 Å². The molecular formula is C10H5ClFNO2. The molecule has 1 aromatic heterocycles. The van der Waals surface area contributed by atoms with Gasteiger partial charge in [0, 0.05) is 5.39 Å². The molecule has 0 fully saturated rings. The Morgan fingerprint density at radius 1 is 1.40 bits per heavy atom. The number of carbonyl (C=O) groups is 1. The fraction of sp³-hybridized carbons (Fsp3) is 0. The zero-order valence-corrected chi connectivity index (χ0v) is 8.14. The number of aromatic nitrogens is 1. The van der Waals surface area contributed by atoms with Crippen LogP contribution in [0.25, 0.3) is 10.9 Å². The summed E-state index contributed by atoms with van der Waals surface area (Å²) in [6.45, 7) is 0. The molecule has 15 heavy (non-hydrogen) atoms. The Morgan fingerprint density at radius 3 is 2.80 bits per heavy atom. The molecule has 0 aliphatic heterocycles. The molecule has 1 aromatic carbocycles. The van der Waals surface area contributed by atoms with Crippen molar-refractivity contribution in [1.82, 2.24) is 4.98 Å². The first kappa shape index (κ1) is 9.86. The molecular weight excluding hydrogens is 221 g/mol. The minimum atomic E-state index is -0.740. The standard InChI is InChI=1S/C10H5ClFNO2/c11-7-3-5-1-2-6(4-14)8(12)9(5)13-10(7)15/h1-4H,(H,13,15). The lowest BCUT2D eigenvalue weighted by Gasteiger charge is -2.01. The van der Waals surface area contributed by atoms with E-state index in [4.69, 9.17) is 11.6 Å². The molecule has 5 heteroatoms. The number of hydrogen-bond donors (Lipinski definition) is 1. The van der Waals surface area contributed by atoms with Crippen LogP contribution in [0.5, 0.6) is 0 Å². The lowest BCUT2D eigenvalue weighted by Crippen LogP contribution is -2.07. The summed E-state index contributed by atoms with van der Waals surface area (Å²) in [4.78, 5) is 23.9. The maximum absolute atomic E-state index is 13.5. The molecule has 0 saturated heterocycles. The normalized spacial score (nSPS) is 10.5. The van der Waals surface area contributed by atoms with Crippen molar-refractivity contribution in [1.29, 1.82) is 0 Å². The second kappa shape index (κ2) is 3.47. The SMILES string of the molecule is O=Cc1ccc2cc(Cl)c(=O)[nH]c2c1F. The quantitative estimate of drug-likeness (QED) is 0.756. The van der Waals surface area contributed by atoms with E-state index in [1.807, 2.05) is 0 Å². The molecule has 0 unspecified atom stereocenters. The van der Waals surface area contributed by atoms with Crippen LogP contribution in [-0.2, 0) is 0 Å². The Hall–Kier alpha value is -1.68. The van der Waals surface area contributed by atoms with Crippen molar-refractivity contribution in [3.63, 3.8) is 0 Å². The highest BCUT2D eigenvalue weighted by molar-refractivity contribution is 6.31. The molecule has 0 saturated carbocycles. The van der Waals surface area contributed by atoms with Crippen LogP contribution in [0.15, 0.2) is 23.0 Å². The lowest BCUT2D eigenvalue weighted by atomic mass is 10.1. The molecule has 0 aliphatic carbocycles. The minimum Gasteiger partial charge on any atom is -0.318 e. The molecule has 76 valence electrons. The van der Waals surface area contributed by atoms with Gasteiger partial charge in [-0.25, -0.2) is 4.39 Å². The van der Waals surface area contributed by atoms with Gasteiger partial charge in [-0.2, -0.15) is 0 Å². The van der Waals surface area contributed by atoms with E-state index in [9.17, 15) is 14.0 Å². The van der Waals surface area contributed by atoms with Crippen LogP contribution in [-0.4, -0.2) is 11.3 Å². The van der Waals surface area contributed by atoms with Crippen molar-refractivity contribution >= 4 is 28.8 Å². The summed E-state index contributed by atoms with van der Waals surface area (Å²) < 4.78 is 13.5. The van der Waals surface area contributed by atoms with Crippen LogP contribution in [0, 0.1) is 5.82 Å². The number of pyridine rings is 1. The van der Waals surface area contributed by atoms with Gasteiger partial charge in [-0.3, -0.25) is 9.59 Å². The van der Waals surface area contributed by atoms with Crippen molar-refractivity contribution in [3.05, 3.63) is 45.0 Å². The molecule has 2 aromatic rings. The van der Waals surface area contributed by atoms with Gasteiger partial charge < -0.3 is 4.98 Å². The number of benzene rings is 1. The van der Waals surface area contributed by atoms with E-state index in [2.05, 4.69) is 4.98 Å². The summed E-state index contributed by atoms with van der Waals surface area (Å²) in [6.07, 6.45) is 0.391. The number of nitrogens with one attached hydrogen (secondary N) is 1. The first-order valence-corrected chi connectivity index (χ1v) is 4.47. The average molecular weight is 226 g/mol. The molecule has 0 aliphatic rings. The molecule has 0 amide bonds. The summed E-state index contributed by atoms with van der Waals surface area (Å²) in [5.74, 6) is -0.740. The second-order valence-electron chi connectivity index (χ2n) is 3.00. The fourth-order valence-electron chi connectivity index (χ4n) is 1.32. The fourth-order valence-corrected chi connectivity index (χ4v) is 1.49. The molecule has 0 atom stereocenters. The Kier molecular flexibility index (Phi) is 2.28. The number of fused-ring (bicyclic) bond motifs is 1. The van der Waals surface area contributed by atoms with Crippen LogP contribution >= 0.6 is 11.6 Å². The number of rotatable bonds is 1. The minimum absolute atomic E-state index is 0.00556.